The average Bonchev–Trinajstić information content (AvgIpc) is 2.92. The van der Waals surface area contributed by atoms with Crippen LogP contribution in [0.1, 0.15) is 35.3 Å². The molecule has 0 aliphatic carbocycles. The van der Waals surface area contributed by atoms with E-state index in [2.05, 4.69) is 34.6 Å². The molecule has 0 radical (unpaired) electrons. The molecule has 3 N–H and O–H groups in total. The smallest absolute Gasteiger partial charge is 0.287 e. The van der Waals surface area contributed by atoms with Crippen LogP contribution in [-0.2, 0) is 4.79 Å². The fourth-order valence-electron chi connectivity index (χ4n) is 3.53. The highest BCUT2D eigenvalue weighted by Gasteiger charge is 2.15. The number of carbonyl (C=O) groups excluding carboxylic acids is 2. The predicted octanol–water partition coefficient (Wildman–Crippen LogP) is 4.77. The van der Waals surface area contributed by atoms with Crippen LogP contribution in [0, 0.1) is 3.57 Å². The van der Waals surface area contributed by atoms with Gasteiger partial charge in [0.05, 0.1) is 16.9 Å². The molecule has 192 valence electrons. The van der Waals surface area contributed by atoms with E-state index in [0.717, 1.165) is 24.3 Å². The van der Waals surface area contributed by atoms with E-state index in [4.69, 9.17) is 4.74 Å². The maximum absolute atomic E-state index is 13.0. The Balaban J connectivity index is 1.84. The van der Waals surface area contributed by atoms with E-state index in [1.165, 1.54) is 13.3 Å². The number of benzene rings is 3. The minimum Gasteiger partial charge on any atom is -0.504 e. The van der Waals surface area contributed by atoms with E-state index in [1.807, 2.05) is 52.9 Å². The van der Waals surface area contributed by atoms with Crippen molar-refractivity contribution >= 4 is 52.4 Å². The number of hydrogen-bond acceptors (Lipinski definition) is 6. The maximum Gasteiger partial charge on any atom is 0.287 e. The van der Waals surface area contributed by atoms with Crippen LogP contribution in [-0.4, -0.2) is 43.3 Å². The topological polar surface area (TPSA) is 103 Å². The van der Waals surface area contributed by atoms with Crippen LogP contribution in [0.5, 0.6) is 11.5 Å². The summed E-state index contributed by atoms with van der Waals surface area (Å²) in [6.07, 6.45) is 3.03. The van der Waals surface area contributed by atoms with Crippen molar-refractivity contribution in [3.8, 4) is 11.5 Å². The second-order valence-electron chi connectivity index (χ2n) is 7.89. The molecular weight excluding hydrogens is 583 g/mol. The minimum absolute atomic E-state index is 0.0325. The SMILES string of the molecule is CCN(CC)c1ccc(C=C(NC(=O)c2ccccc2)C(=O)N/N=C/c2cc(I)c(O)c(OC)c2)cc1. The number of carbonyl (C=O) groups is 2. The Morgan fingerprint density at radius 1 is 1.03 bits per heavy atom. The predicted molar refractivity (Wildman–Crippen MR) is 155 cm³/mol. The van der Waals surface area contributed by atoms with E-state index in [-0.39, 0.29) is 11.4 Å². The third-order valence-corrected chi connectivity index (χ3v) is 6.33. The van der Waals surface area contributed by atoms with Gasteiger partial charge in [-0.3, -0.25) is 9.59 Å². The van der Waals surface area contributed by atoms with Gasteiger partial charge in [-0.1, -0.05) is 30.3 Å². The van der Waals surface area contributed by atoms with Gasteiger partial charge in [-0.15, -0.1) is 0 Å². The molecule has 0 atom stereocenters. The Kier molecular flexibility index (Phi) is 10.1. The molecule has 0 saturated heterocycles. The minimum atomic E-state index is -0.589. The molecule has 0 spiro atoms. The van der Waals surface area contributed by atoms with Crippen molar-refractivity contribution in [1.29, 1.82) is 0 Å². The van der Waals surface area contributed by atoms with Crippen molar-refractivity contribution in [1.82, 2.24) is 10.7 Å². The Bertz CT molecular complexity index is 1290. The van der Waals surface area contributed by atoms with Crippen molar-refractivity contribution in [2.45, 2.75) is 13.8 Å². The molecule has 0 aliphatic heterocycles. The molecular formula is C28H29IN4O4. The summed E-state index contributed by atoms with van der Waals surface area (Å²) in [7, 11) is 1.45. The molecule has 2 amide bonds. The summed E-state index contributed by atoms with van der Waals surface area (Å²) < 4.78 is 5.74. The Morgan fingerprint density at radius 2 is 1.70 bits per heavy atom. The molecule has 0 fully saturated rings. The number of hydrogen-bond donors (Lipinski definition) is 3. The average molecular weight is 612 g/mol. The van der Waals surface area contributed by atoms with Crippen LogP contribution < -0.4 is 20.4 Å². The molecule has 3 rings (SSSR count). The van der Waals surface area contributed by atoms with Gasteiger partial charge < -0.3 is 20.1 Å². The number of nitrogens with zero attached hydrogens (tertiary/aromatic N) is 2. The van der Waals surface area contributed by atoms with Gasteiger partial charge in [0.25, 0.3) is 11.8 Å². The summed E-state index contributed by atoms with van der Waals surface area (Å²) in [5, 5.41) is 16.7. The van der Waals surface area contributed by atoms with Crippen LogP contribution in [0.15, 0.2) is 77.5 Å². The first-order valence-corrected chi connectivity index (χ1v) is 12.8. The lowest BCUT2D eigenvalue weighted by molar-refractivity contribution is -0.117. The van der Waals surface area contributed by atoms with E-state index in [1.54, 1.807) is 42.5 Å². The van der Waals surface area contributed by atoms with Gasteiger partial charge in [0.2, 0.25) is 0 Å². The summed E-state index contributed by atoms with van der Waals surface area (Å²) in [6.45, 7) is 5.95. The van der Waals surface area contributed by atoms with Gasteiger partial charge in [-0.25, -0.2) is 5.43 Å². The van der Waals surface area contributed by atoms with Gasteiger partial charge in [-0.05, 0) is 90.0 Å². The van der Waals surface area contributed by atoms with E-state index < -0.39 is 11.8 Å². The summed E-state index contributed by atoms with van der Waals surface area (Å²) in [5.74, 6) is -0.675. The van der Waals surface area contributed by atoms with Gasteiger partial charge >= 0.3 is 0 Å². The summed E-state index contributed by atoms with van der Waals surface area (Å²) in [6, 6.07) is 19.7. The van der Waals surface area contributed by atoms with E-state index >= 15 is 0 Å². The van der Waals surface area contributed by atoms with E-state index in [0.29, 0.717) is 20.4 Å². The fourth-order valence-corrected chi connectivity index (χ4v) is 4.15. The molecule has 0 unspecified atom stereocenters. The number of aromatic hydroxyl groups is 1. The molecule has 3 aromatic carbocycles. The van der Waals surface area contributed by atoms with Crippen molar-refractivity contribution < 1.29 is 19.4 Å². The van der Waals surface area contributed by atoms with Gasteiger partial charge in [0.1, 0.15) is 5.70 Å². The number of rotatable bonds is 10. The third-order valence-electron chi connectivity index (χ3n) is 5.51. The van der Waals surface area contributed by atoms with Gasteiger partial charge in [0.15, 0.2) is 11.5 Å². The molecule has 37 heavy (non-hydrogen) atoms. The number of halogens is 1. The monoisotopic (exact) mass is 612 g/mol. The van der Waals surface area contributed by atoms with Crippen LogP contribution in [0.2, 0.25) is 0 Å². The molecule has 0 heterocycles. The lowest BCUT2D eigenvalue weighted by atomic mass is 10.1. The van der Waals surface area contributed by atoms with Crippen LogP contribution >= 0.6 is 22.6 Å². The number of hydrazone groups is 1. The van der Waals surface area contributed by atoms with E-state index in [9.17, 15) is 14.7 Å². The largest absolute Gasteiger partial charge is 0.504 e. The first kappa shape index (κ1) is 27.7. The lowest BCUT2D eigenvalue weighted by Crippen LogP contribution is -2.32. The highest BCUT2D eigenvalue weighted by Crippen LogP contribution is 2.31. The molecule has 0 aromatic heterocycles. The van der Waals surface area contributed by atoms with Gasteiger partial charge in [-0.2, -0.15) is 5.10 Å². The first-order chi connectivity index (χ1) is 17.9. The van der Waals surface area contributed by atoms with Crippen molar-refractivity contribution in [2.75, 3.05) is 25.1 Å². The maximum atomic E-state index is 13.0. The molecule has 0 bridgehead atoms. The highest BCUT2D eigenvalue weighted by atomic mass is 127. The zero-order valence-corrected chi connectivity index (χ0v) is 23.0. The standard InChI is InChI=1S/C28H29IN4O4/c1-4-33(5-2)22-13-11-19(12-14-22)16-24(31-27(35)21-9-7-6-8-10-21)28(36)32-30-18-20-15-23(29)26(34)25(17-20)37-3/h6-18,34H,4-5H2,1-3H3,(H,31,35)(H,32,36)/b24-16?,30-18+. The van der Waals surface area contributed by atoms with Crippen LogP contribution in [0.4, 0.5) is 5.69 Å². The second kappa shape index (κ2) is 13.4. The number of phenols is 1. The van der Waals surface area contributed by atoms with Crippen molar-refractivity contribution in [2.24, 2.45) is 5.10 Å². The number of amides is 2. The number of nitrogens with one attached hydrogen (secondary N) is 2. The lowest BCUT2D eigenvalue weighted by Gasteiger charge is -2.20. The normalized spacial score (nSPS) is 11.3. The summed E-state index contributed by atoms with van der Waals surface area (Å²) in [4.78, 5) is 28.0. The summed E-state index contributed by atoms with van der Waals surface area (Å²) in [5.41, 5.74) is 5.36. The highest BCUT2D eigenvalue weighted by molar-refractivity contribution is 14.1. The van der Waals surface area contributed by atoms with Crippen LogP contribution in [0.25, 0.3) is 6.08 Å². The first-order valence-electron chi connectivity index (χ1n) is 11.7. The number of methoxy groups -OCH3 is 1. The van der Waals surface area contributed by atoms with Crippen molar-refractivity contribution in [3.05, 3.63) is 92.7 Å². The zero-order chi connectivity index (χ0) is 26.8. The van der Waals surface area contributed by atoms with Gasteiger partial charge in [0, 0.05) is 24.3 Å². The number of phenolic OH excluding ortho intramolecular Hbond substituents is 1. The molecule has 0 saturated carbocycles. The molecule has 0 aliphatic rings. The molecule has 9 heteroatoms. The number of anilines is 1. The third kappa shape index (κ3) is 7.56. The second-order valence-corrected chi connectivity index (χ2v) is 9.06. The zero-order valence-electron chi connectivity index (χ0n) is 20.9. The Hall–Kier alpha value is -3.86. The Labute approximate surface area is 230 Å². The molecule has 3 aromatic rings. The Morgan fingerprint density at radius 3 is 2.32 bits per heavy atom. The molecule has 8 nitrogen and oxygen atoms in total. The summed E-state index contributed by atoms with van der Waals surface area (Å²) >= 11 is 1.98. The fraction of sp³-hybridized carbons (Fsp3) is 0.179. The number of ether oxygens (including phenoxy) is 1. The van der Waals surface area contributed by atoms with Crippen LogP contribution in [0.3, 0.4) is 0 Å². The van der Waals surface area contributed by atoms with Crippen molar-refractivity contribution in [3.63, 3.8) is 0 Å². The quantitative estimate of drug-likeness (QED) is 0.133.